The van der Waals surface area contributed by atoms with E-state index in [1.54, 1.807) is 0 Å². The van der Waals surface area contributed by atoms with Gasteiger partial charge in [0.25, 0.3) is 0 Å². The lowest BCUT2D eigenvalue weighted by molar-refractivity contribution is -0.143. The fourth-order valence-electron chi connectivity index (χ4n) is 3.74. The number of amides is 2. The summed E-state index contributed by atoms with van der Waals surface area (Å²) in [6.45, 7) is 0.531. The van der Waals surface area contributed by atoms with Crippen molar-refractivity contribution >= 4 is 18.9 Å². The van der Waals surface area contributed by atoms with E-state index in [1.165, 1.54) is 5.56 Å². The van der Waals surface area contributed by atoms with Crippen molar-refractivity contribution in [3.8, 4) is 0 Å². The van der Waals surface area contributed by atoms with E-state index in [0.717, 1.165) is 25.7 Å². The van der Waals surface area contributed by atoms with Gasteiger partial charge in [-0.05, 0) is 44.0 Å². The maximum absolute atomic E-state index is 12.8. The van der Waals surface area contributed by atoms with Gasteiger partial charge in [0.05, 0.1) is 6.17 Å². The third kappa shape index (κ3) is 6.62. The molecule has 0 spiro atoms. The van der Waals surface area contributed by atoms with Gasteiger partial charge in [-0.15, -0.1) is 0 Å². The summed E-state index contributed by atoms with van der Waals surface area (Å²) < 4.78 is 0. The van der Waals surface area contributed by atoms with Crippen molar-refractivity contribution in [1.82, 2.24) is 10.6 Å². The fourth-order valence-corrected chi connectivity index (χ4v) is 3.74. The van der Waals surface area contributed by atoms with E-state index in [-0.39, 0.29) is 18.1 Å². The van der Waals surface area contributed by atoms with Gasteiger partial charge in [0.15, 0.2) is 0 Å². The second-order valence-electron chi connectivity index (χ2n) is 7.63. The summed E-state index contributed by atoms with van der Waals surface area (Å²) in [6.07, 6.45) is 4.96. The van der Waals surface area contributed by atoms with Gasteiger partial charge >= 0.3 is 7.12 Å². The third-order valence-corrected chi connectivity index (χ3v) is 5.39. The number of hydrogen-bond acceptors (Lipinski definition) is 5. The molecule has 8 heteroatoms. The second kappa shape index (κ2) is 11.2. The molecular weight excluding hydrogens is 357 g/mol. The molecule has 154 valence electrons. The van der Waals surface area contributed by atoms with Crippen molar-refractivity contribution in [3.63, 3.8) is 0 Å². The van der Waals surface area contributed by atoms with Crippen molar-refractivity contribution in [1.29, 1.82) is 0 Å². The largest absolute Gasteiger partial charge is 0.451 e. The fraction of sp³-hybridized carbons (Fsp3) is 0.600. The Labute approximate surface area is 167 Å². The predicted molar refractivity (Wildman–Crippen MR) is 109 cm³/mol. The Kier molecular flexibility index (Phi) is 8.95. The van der Waals surface area contributed by atoms with Crippen molar-refractivity contribution in [2.24, 2.45) is 11.1 Å². The molecule has 0 saturated heterocycles. The summed E-state index contributed by atoms with van der Waals surface area (Å²) in [4.78, 5) is 25.6. The number of benzene rings is 1. The lowest BCUT2D eigenvalue weighted by Gasteiger charge is -2.28. The van der Waals surface area contributed by atoms with E-state index in [1.807, 2.05) is 18.2 Å². The average Bonchev–Trinajstić information content (AvgIpc) is 3.17. The van der Waals surface area contributed by atoms with Crippen LogP contribution < -0.4 is 16.4 Å². The van der Waals surface area contributed by atoms with Crippen LogP contribution in [0.15, 0.2) is 30.3 Å². The van der Waals surface area contributed by atoms with E-state index in [9.17, 15) is 9.59 Å². The number of carbonyl (C=O) groups excluding carboxylic acids is 2. The van der Waals surface area contributed by atoms with Crippen LogP contribution in [0.4, 0.5) is 0 Å². The molecule has 1 saturated carbocycles. The van der Waals surface area contributed by atoms with Crippen LogP contribution in [0.1, 0.15) is 50.5 Å². The highest BCUT2D eigenvalue weighted by molar-refractivity contribution is 6.40. The van der Waals surface area contributed by atoms with Crippen LogP contribution in [0.2, 0.25) is 6.32 Å². The Morgan fingerprint density at radius 2 is 1.79 bits per heavy atom. The van der Waals surface area contributed by atoms with E-state index in [4.69, 9.17) is 15.8 Å². The van der Waals surface area contributed by atoms with Gasteiger partial charge in [-0.25, -0.2) is 0 Å². The topological polar surface area (TPSA) is 125 Å². The molecule has 1 aromatic carbocycles. The normalized spacial score (nSPS) is 16.4. The molecule has 0 aromatic heterocycles. The van der Waals surface area contributed by atoms with Crippen molar-refractivity contribution < 1.29 is 19.6 Å². The van der Waals surface area contributed by atoms with Crippen LogP contribution in [-0.2, 0) is 16.0 Å². The quantitative estimate of drug-likeness (QED) is 0.167. The van der Waals surface area contributed by atoms with E-state index in [2.05, 4.69) is 22.8 Å². The van der Waals surface area contributed by atoms with Crippen LogP contribution in [0, 0.1) is 5.41 Å². The zero-order valence-electron chi connectivity index (χ0n) is 16.4. The van der Waals surface area contributed by atoms with Gasteiger partial charge in [-0.2, -0.15) is 0 Å². The van der Waals surface area contributed by atoms with Gasteiger partial charge in [0.2, 0.25) is 11.8 Å². The minimum atomic E-state index is -1.37. The van der Waals surface area contributed by atoms with Gasteiger partial charge < -0.3 is 26.4 Å². The maximum atomic E-state index is 12.8. The molecule has 1 aliphatic carbocycles. The van der Waals surface area contributed by atoms with Crippen LogP contribution >= 0.6 is 0 Å². The van der Waals surface area contributed by atoms with E-state index in [0.29, 0.717) is 32.2 Å². The molecule has 1 fully saturated rings. The number of carbonyl (C=O) groups is 2. The first-order valence-electron chi connectivity index (χ1n) is 10.2. The molecule has 1 aliphatic rings. The third-order valence-electron chi connectivity index (χ3n) is 5.39. The van der Waals surface area contributed by atoms with Crippen LogP contribution in [0.25, 0.3) is 0 Å². The minimum Gasteiger partial charge on any atom is -0.427 e. The molecule has 0 radical (unpaired) electrons. The molecule has 28 heavy (non-hydrogen) atoms. The summed E-state index contributed by atoms with van der Waals surface area (Å²) in [5.41, 5.74) is 6.13. The zero-order valence-corrected chi connectivity index (χ0v) is 16.4. The summed E-state index contributed by atoms with van der Waals surface area (Å²) >= 11 is 0. The molecule has 6 N–H and O–H groups in total. The molecule has 7 nitrogen and oxygen atoms in total. The molecule has 0 heterocycles. The lowest BCUT2D eigenvalue weighted by atomic mass is 9.82. The smallest absolute Gasteiger partial charge is 0.427 e. The monoisotopic (exact) mass is 389 g/mol. The average molecular weight is 389 g/mol. The molecule has 0 aliphatic heterocycles. The summed E-state index contributed by atoms with van der Waals surface area (Å²) in [7, 11) is -1.37. The van der Waals surface area contributed by atoms with Gasteiger partial charge in [0, 0.05) is 6.54 Å². The number of nitrogens with two attached hydrogens (primary N) is 1. The molecule has 1 atom stereocenters. The van der Waals surface area contributed by atoms with E-state index < -0.39 is 18.7 Å². The number of aryl methyl sites for hydroxylation is 1. The van der Waals surface area contributed by atoms with E-state index >= 15 is 0 Å². The van der Waals surface area contributed by atoms with Crippen molar-refractivity contribution in [2.75, 3.05) is 6.54 Å². The molecule has 2 amide bonds. The zero-order chi connectivity index (χ0) is 20.4. The number of rotatable bonds is 11. The molecular formula is C20H32BN3O4. The first kappa shape index (κ1) is 22.4. The Morgan fingerprint density at radius 3 is 2.43 bits per heavy atom. The Balaban J connectivity index is 1.81. The Hall–Kier alpha value is -1.90. The van der Waals surface area contributed by atoms with Gasteiger partial charge in [-0.3, -0.25) is 9.59 Å². The SMILES string of the molecule is NC(CCCB(O)O)NC(=O)C1(C(=O)NCCCc2ccccc2)CCCC1. The number of hydrogen-bond donors (Lipinski definition) is 5. The molecule has 1 aromatic rings. The standard InChI is InChI=1S/C20H32BN3O4/c22-17(11-6-14-21(27)28)24-19(26)20(12-4-5-13-20)18(25)23-15-7-10-16-8-2-1-3-9-16/h1-3,8-9,17,27-28H,4-7,10-15,22H2,(H,23,25)(H,24,26). The van der Waals surface area contributed by atoms with Crippen molar-refractivity contribution in [3.05, 3.63) is 35.9 Å². The van der Waals surface area contributed by atoms with Crippen LogP contribution in [0.3, 0.4) is 0 Å². The highest BCUT2D eigenvalue weighted by atomic mass is 16.4. The molecule has 2 rings (SSSR count). The maximum Gasteiger partial charge on any atom is 0.451 e. The van der Waals surface area contributed by atoms with Crippen LogP contribution in [-0.4, -0.2) is 41.7 Å². The summed E-state index contributed by atoms with van der Waals surface area (Å²) in [5, 5.41) is 23.5. The van der Waals surface area contributed by atoms with Crippen molar-refractivity contribution in [2.45, 2.75) is 63.9 Å². The molecule has 1 unspecified atom stereocenters. The first-order chi connectivity index (χ1) is 13.4. The summed E-state index contributed by atoms with van der Waals surface area (Å²) in [5.74, 6) is -0.531. The highest BCUT2D eigenvalue weighted by Crippen LogP contribution is 2.38. The van der Waals surface area contributed by atoms with Gasteiger partial charge in [0.1, 0.15) is 5.41 Å². The number of nitrogens with one attached hydrogen (secondary N) is 2. The summed E-state index contributed by atoms with van der Waals surface area (Å²) in [6, 6.07) is 10.1. The predicted octanol–water partition coefficient (Wildman–Crippen LogP) is 0.950. The van der Waals surface area contributed by atoms with Gasteiger partial charge in [-0.1, -0.05) is 49.6 Å². The minimum absolute atomic E-state index is 0.205. The molecule has 0 bridgehead atoms. The lowest BCUT2D eigenvalue weighted by Crippen LogP contribution is -2.54. The highest BCUT2D eigenvalue weighted by Gasteiger charge is 2.47. The second-order valence-corrected chi connectivity index (χ2v) is 7.63. The first-order valence-corrected chi connectivity index (χ1v) is 10.2. The Bertz CT molecular complexity index is 621. The Morgan fingerprint density at radius 1 is 1.11 bits per heavy atom. The van der Waals surface area contributed by atoms with Crippen LogP contribution in [0.5, 0.6) is 0 Å².